The second kappa shape index (κ2) is 15.0. The lowest BCUT2D eigenvalue weighted by Crippen LogP contribution is -2.34. The molecule has 1 fully saturated rings. The van der Waals surface area contributed by atoms with E-state index in [-0.39, 0.29) is 6.10 Å². The first kappa shape index (κ1) is 32.6. The van der Waals surface area contributed by atoms with E-state index < -0.39 is 11.2 Å². The molecule has 3 unspecified atom stereocenters. The maximum absolute atomic E-state index is 10.0. The number of halogens is 3. The summed E-state index contributed by atoms with van der Waals surface area (Å²) in [6, 6.07) is 25.5. The third kappa shape index (κ3) is 8.09. The van der Waals surface area contributed by atoms with Crippen molar-refractivity contribution in [1.29, 1.82) is 5.26 Å². The van der Waals surface area contributed by atoms with Gasteiger partial charge in [0.1, 0.15) is 37.3 Å². The van der Waals surface area contributed by atoms with E-state index in [9.17, 15) is 5.26 Å². The van der Waals surface area contributed by atoms with E-state index in [2.05, 4.69) is 33.2 Å². The van der Waals surface area contributed by atoms with Crippen molar-refractivity contribution >= 4 is 34.8 Å². The Morgan fingerprint density at radius 2 is 1.62 bits per heavy atom. The molecule has 0 N–H and O–H groups in total. The molecular weight excluding hydrogens is 633 g/mol. The molecule has 0 aliphatic carbocycles. The molecule has 6 rings (SSSR count). The number of hydrogen-bond acceptors (Lipinski definition) is 7. The van der Waals surface area contributed by atoms with Crippen molar-refractivity contribution in [2.75, 3.05) is 6.61 Å². The maximum atomic E-state index is 10.0. The lowest BCUT2D eigenvalue weighted by atomic mass is 9.77. The molecule has 0 saturated carbocycles. The van der Waals surface area contributed by atoms with Gasteiger partial charge in [-0.05, 0) is 54.7 Å². The molecular formula is C33H32Cl3N7O2. The summed E-state index contributed by atoms with van der Waals surface area (Å²) in [5, 5.41) is 20.1. The second-order valence-corrected chi connectivity index (χ2v) is 12.0. The summed E-state index contributed by atoms with van der Waals surface area (Å²) < 4.78 is 15.5. The Morgan fingerprint density at radius 1 is 0.933 bits per heavy atom. The molecule has 45 heavy (non-hydrogen) atoms. The van der Waals surface area contributed by atoms with Crippen LogP contribution in [0, 0.1) is 11.3 Å². The Hall–Kier alpha value is -3.78. The van der Waals surface area contributed by atoms with Gasteiger partial charge >= 0.3 is 0 Å². The lowest BCUT2D eigenvalue weighted by Gasteiger charge is -2.29. The number of nitrogens with zero attached hydrogens (tertiary/aromatic N) is 7. The highest BCUT2D eigenvalue weighted by Crippen LogP contribution is 2.41. The van der Waals surface area contributed by atoms with Crippen LogP contribution < -0.4 is 0 Å². The van der Waals surface area contributed by atoms with Gasteiger partial charge in [0.25, 0.3) is 0 Å². The van der Waals surface area contributed by atoms with E-state index in [1.54, 1.807) is 34.2 Å². The largest absolute Gasteiger partial charge is 0.342 e. The van der Waals surface area contributed by atoms with Crippen LogP contribution in [-0.2, 0) is 40.2 Å². The zero-order valence-electron chi connectivity index (χ0n) is 24.6. The van der Waals surface area contributed by atoms with Crippen molar-refractivity contribution in [3.8, 4) is 6.07 Å². The predicted octanol–water partition coefficient (Wildman–Crippen LogP) is 7.29. The number of aryl methyl sites for hydroxylation is 1. The standard InChI is InChI=1S/C19H17ClN4.C14H15Cl2N3O2/c20-18-8-6-16(7-9-18)10-11-19(12-21,13-24-15-22-14-23-24)17-4-2-1-3-5-17;1-2-11-6-20-14(21-11,7-19-9-17-8-18-19)12-4-3-10(15)5-13(12)16/h1-9,14-15H,10-11,13H2;3-5,8-9,11H,2,6-7H2,1H3. The molecule has 1 aliphatic heterocycles. The van der Waals surface area contributed by atoms with Crippen molar-refractivity contribution in [1.82, 2.24) is 29.5 Å². The third-order valence-corrected chi connectivity index (χ3v) is 8.49. The van der Waals surface area contributed by atoms with E-state index in [4.69, 9.17) is 44.3 Å². The van der Waals surface area contributed by atoms with E-state index in [1.807, 2.05) is 60.7 Å². The van der Waals surface area contributed by atoms with Crippen molar-refractivity contribution < 1.29 is 9.47 Å². The van der Waals surface area contributed by atoms with Crippen LogP contribution in [0.25, 0.3) is 0 Å². The number of ether oxygens (including phenoxy) is 2. The molecule has 2 aromatic heterocycles. The first-order chi connectivity index (χ1) is 21.8. The highest BCUT2D eigenvalue weighted by Gasteiger charge is 2.44. The fourth-order valence-electron chi connectivity index (χ4n) is 5.23. The van der Waals surface area contributed by atoms with E-state index in [0.29, 0.717) is 36.2 Å². The Morgan fingerprint density at radius 3 is 2.22 bits per heavy atom. The van der Waals surface area contributed by atoms with Crippen LogP contribution in [0.15, 0.2) is 98.1 Å². The van der Waals surface area contributed by atoms with Gasteiger partial charge in [0, 0.05) is 15.6 Å². The minimum atomic E-state index is -0.962. The van der Waals surface area contributed by atoms with Gasteiger partial charge in [0.15, 0.2) is 0 Å². The highest BCUT2D eigenvalue weighted by atomic mass is 35.5. The summed E-state index contributed by atoms with van der Waals surface area (Å²) in [5.41, 5.74) is 2.25. The van der Waals surface area contributed by atoms with Crippen LogP contribution in [0.5, 0.6) is 0 Å². The Balaban J connectivity index is 0.000000179. The van der Waals surface area contributed by atoms with Crippen molar-refractivity contribution in [2.24, 2.45) is 0 Å². The van der Waals surface area contributed by atoms with Crippen LogP contribution in [0.2, 0.25) is 15.1 Å². The van der Waals surface area contributed by atoms with Gasteiger partial charge in [-0.3, -0.25) is 4.68 Å². The smallest absolute Gasteiger partial charge is 0.217 e. The first-order valence-corrected chi connectivity index (χ1v) is 15.6. The van der Waals surface area contributed by atoms with Gasteiger partial charge in [-0.25, -0.2) is 14.6 Å². The monoisotopic (exact) mass is 663 g/mol. The average Bonchev–Trinajstić information content (AvgIpc) is 3.85. The fraction of sp³-hybridized carbons (Fsp3) is 0.303. The summed E-state index contributed by atoms with van der Waals surface area (Å²) in [6.45, 7) is 3.43. The van der Waals surface area contributed by atoms with Gasteiger partial charge in [-0.15, -0.1) is 0 Å². The van der Waals surface area contributed by atoms with E-state index >= 15 is 0 Å². The Kier molecular flexibility index (Phi) is 10.9. The summed E-state index contributed by atoms with van der Waals surface area (Å²) in [7, 11) is 0. The summed E-state index contributed by atoms with van der Waals surface area (Å²) >= 11 is 18.3. The van der Waals surface area contributed by atoms with Crippen LogP contribution in [0.3, 0.4) is 0 Å². The minimum absolute atomic E-state index is 0.0280. The molecule has 12 heteroatoms. The highest BCUT2D eigenvalue weighted by molar-refractivity contribution is 6.35. The van der Waals surface area contributed by atoms with Crippen LogP contribution in [-0.4, -0.2) is 42.2 Å². The molecule has 232 valence electrons. The van der Waals surface area contributed by atoms with Gasteiger partial charge in [0.2, 0.25) is 5.79 Å². The quantitative estimate of drug-likeness (QED) is 0.154. The molecule has 3 heterocycles. The van der Waals surface area contributed by atoms with Gasteiger partial charge in [0.05, 0.1) is 30.3 Å². The van der Waals surface area contributed by atoms with Gasteiger partial charge in [-0.1, -0.05) is 90.3 Å². The summed E-state index contributed by atoms with van der Waals surface area (Å²) in [5.74, 6) is -0.962. The summed E-state index contributed by atoms with van der Waals surface area (Å²) in [4.78, 5) is 7.94. The number of hydrogen-bond donors (Lipinski definition) is 0. The van der Waals surface area contributed by atoms with Crippen LogP contribution >= 0.6 is 34.8 Å². The maximum Gasteiger partial charge on any atom is 0.217 e. The Bertz CT molecular complexity index is 1680. The van der Waals surface area contributed by atoms with Crippen molar-refractivity contribution in [2.45, 2.75) is 56.6 Å². The Labute approximate surface area is 277 Å². The van der Waals surface area contributed by atoms with Crippen LogP contribution in [0.1, 0.15) is 36.5 Å². The molecule has 1 saturated heterocycles. The van der Waals surface area contributed by atoms with Gasteiger partial charge in [-0.2, -0.15) is 15.5 Å². The average molecular weight is 665 g/mol. The molecule has 9 nitrogen and oxygen atoms in total. The van der Waals surface area contributed by atoms with Gasteiger partial charge < -0.3 is 9.47 Å². The van der Waals surface area contributed by atoms with E-state index in [1.165, 1.54) is 12.7 Å². The molecule has 5 aromatic rings. The predicted molar refractivity (Wildman–Crippen MR) is 173 cm³/mol. The first-order valence-electron chi connectivity index (χ1n) is 14.5. The molecule has 0 radical (unpaired) electrons. The molecule has 1 aliphatic rings. The van der Waals surface area contributed by atoms with Crippen LogP contribution in [0.4, 0.5) is 0 Å². The third-order valence-electron chi connectivity index (χ3n) is 7.69. The normalized spacial score (nSPS) is 18.9. The number of rotatable bonds is 10. The lowest BCUT2D eigenvalue weighted by molar-refractivity contribution is -0.188. The fourth-order valence-corrected chi connectivity index (χ4v) is 5.91. The second-order valence-electron chi connectivity index (χ2n) is 10.7. The molecule has 3 atom stereocenters. The molecule has 0 bridgehead atoms. The molecule has 0 spiro atoms. The molecule has 3 aromatic carbocycles. The zero-order valence-corrected chi connectivity index (χ0v) is 26.9. The molecule has 0 amide bonds. The summed E-state index contributed by atoms with van der Waals surface area (Å²) in [6.07, 6.45) is 8.61. The number of benzene rings is 3. The topological polar surface area (TPSA) is 104 Å². The number of nitriles is 1. The number of aromatic nitrogens is 6. The zero-order chi connectivity index (χ0) is 31.7. The SMILES string of the molecule is CCC1COC(Cn2cncn2)(c2ccc(Cl)cc2Cl)O1.N#CC(CCc1ccc(Cl)cc1)(Cn1cncn1)c1ccccc1. The van der Waals surface area contributed by atoms with E-state index in [0.717, 1.165) is 34.6 Å². The minimum Gasteiger partial charge on any atom is -0.342 e. The van der Waals surface area contributed by atoms with Crippen molar-refractivity contribution in [3.63, 3.8) is 0 Å². The van der Waals surface area contributed by atoms with Crippen molar-refractivity contribution in [3.05, 3.63) is 130 Å².